The summed E-state index contributed by atoms with van der Waals surface area (Å²) >= 11 is 1.21. The Hall–Kier alpha value is -4.83. The van der Waals surface area contributed by atoms with E-state index in [1.165, 1.54) is 48.2 Å². The van der Waals surface area contributed by atoms with Gasteiger partial charge in [-0.2, -0.15) is 0 Å². The van der Waals surface area contributed by atoms with Crippen molar-refractivity contribution in [1.82, 2.24) is 0 Å². The lowest BCUT2D eigenvalue weighted by molar-refractivity contribution is -0.385. The van der Waals surface area contributed by atoms with Crippen LogP contribution in [-0.4, -0.2) is 21.6 Å². The number of benzene rings is 4. The maximum atomic E-state index is 13.3. The zero-order valence-electron chi connectivity index (χ0n) is 19.1. The average Bonchev–Trinajstić information content (AvgIpc) is 2.92. The SMILES string of the molecule is O=C(O[C@H](C(=O)c1ccccc1)c1ccc([N+](=O)[O-])cc1)c1ccccc1Sc1ccc([N+](=O)[O-])cc1. The number of esters is 1. The predicted octanol–water partition coefficient (Wildman–Crippen LogP) is 6.44. The van der Waals surface area contributed by atoms with E-state index in [1.807, 2.05) is 0 Å². The summed E-state index contributed by atoms with van der Waals surface area (Å²) in [5, 5.41) is 22.0. The van der Waals surface area contributed by atoms with Gasteiger partial charge in [0.15, 0.2) is 6.10 Å². The Morgan fingerprint density at radius 2 is 1.24 bits per heavy atom. The van der Waals surface area contributed by atoms with Gasteiger partial charge in [-0.25, -0.2) is 4.79 Å². The number of rotatable bonds is 9. The lowest BCUT2D eigenvalue weighted by Gasteiger charge is -2.18. The van der Waals surface area contributed by atoms with Crippen LogP contribution in [0.4, 0.5) is 11.4 Å². The molecule has 0 aliphatic rings. The number of ketones is 1. The van der Waals surface area contributed by atoms with Crippen LogP contribution in [0.2, 0.25) is 0 Å². The van der Waals surface area contributed by atoms with Gasteiger partial charge in [0, 0.05) is 45.2 Å². The molecule has 0 N–H and O–H groups in total. The fourth-order valence-corrected chi connectivity index (χ4v) is 4.39. The first-order valence-corrected chi connectivity index (χ1v) is 11.7. The van der Waals surface area contributed by atoms with Crippen LogP contribution in [0.1, 0.15) is 32.4 Å². The van der Waals surface area contributed by atoms with Gasteiger partial charge in [-0.05, 0) is 36.4 Å². The lowest BCUT2D eigenvalue weighted by Crippen LogP contribution is -2.20. The predicted molar refractivity (Wildman–Crippen MR) is 136 cm³/mol. The molecule has 0 aliphatic heterocycles. The summed E-state index contributed by atoms with van der Waals surface area (Å²) in [5.74, 6) is -1.25. The molecule has 0 aliphatic carbocycles. The number of nitro benzene ring substituents is 2. The first kappa shape index (κ1) is 25.3. The monoisotopic (exact) mass is 514 g/mol. The van der Waals surface area contributed by atoms with Gasteiger partial charge in [0.2, 0.25) is 5.78 Å². The zero-order valence-corrected chi connectivity index (χ0v) is 19.9. The second kappa shape index (κ2) is 11.3. The van der Waals surface area contributed by atoms with Crippen molar-refractivity contribution in [2.75, 3.05) is 0 Å². The van der Waals surface area contributed by atoms with Crippen molar-refractivity contribution < 1.29 is 24.2 Å². The zero-order chi connectivity index (χ0) is 26.4. The standard InChI is InChI=1S/C27H18N2O7S/c30-25(18-6-2-1-3-7-18)26(19-10-12-20(13-11-19)28(32)33)36-27(31)23-8-4-5-9-24(23)37-22-16-14-21(15-17-22)29(34)35/h1-17,26H/t26-/m0/s1. The lowest BCUT2D eigenvalue weighted by atomic mass is 9.99. The van der Waals surface area contributed by atoms with Gasteiger partial charge < -0.3 is 4.74 Å². The molecular weight excluding hydrogens is 496 g/mol. The van der Waals surface area contributed by atoms with Gasteiger partial charge in [-0.15, -0.1) is 0 Å². The molecule has 0 saturated heterocycles. The molecule has 0 saturated carbocycles. The molecule has 9 nitrogen and oxygen atoms in total. The summed E-state index contributed by atoms with van der Waals surface area (Å²) in [6.45, 7) is 0. The van der Waals surface area contributed by atoms with Crippen LogP contribution in [0.15, 0.2) is 113 Å². The summed E-state index contributed by atoms with van der Waals surface area (Å²) in [6, 6.07) is 26.0. The first-order valence-electron chi connectivity index (χ1n) is 10.9. The number of hydrogen-bond donors (Lipinski definition) is 0. The largest absolute Gasteiger partial charge is 0.445 e. The maximum Gasteiger partial charge on any atom is 0.340 e. The normalized spacial score (nSPS) is 11.4. The van der Waals surface area contributed by atoms with Crippen molar-refractivity contribution in [1.29, 1.82) is 0 Å². The minimum atomic E-state index is -1.34. The van der Waals surface area contributed by atoms with E-state index in [9.17, 15) is 29.8 Å². The Morgan fingerprint density at radius 1 is 0.703 bits per heavy atom. The molecule has 10 heteroatoms. The minimum Gasteiger partial charge on any atom is -0.445 e. The van der Waals surface area contributed by atoms with Crippen LogP contribution >= 0.6 is 11.8 Å². The molecule has 0 heterocycles. The van der Waals surface area contributed by atoms with Crippen molar-refractivity contribution in [2.45, 2.75) is 15.9 Å². The maximum absolute atomic E-state index is 13.3. The van der Waals surface area contributed by atoms with Gasteiger partial charge in [-0.3, -0.25) is 25.0 Å². The van der Waals surface area contributed by atoms with Crippen LogP contribution < -0.4 is 0 Å². The highest BCUT2D eigenvalue weighted by Crippen LogP contribution is 2.33. The van der Waals surface area contributed by atoms with Gasteiger partial charge in [-0.1, -0.05) is 54.2 Å². The molecule has 0 radical (unpaired) electrons. The van der Waals surface area contributed by atoms with E-state index in [2.05, 4.69) is 0 Å². The number of carbonyl (C=O) groups excluding carboxylic acids is 2. The first-order chi connectivity index (χ1) is 17.8. The molecule has 0 spiro atoms. The highest BCUT2D eigenvalue weighted by atomic mass is 32.2. The molecule has 4 rings (SSSR count). The van der Waals surface area contributed by atoms with Crippen LogP contribution in [0.5, 0.6) is 0 Å². The molecule has 4 aromatic rings. The van der Waals surface area contributed by atoms with Crippen LogP contribution in [-0.2, 0) is 4.74 Å². The Bertz CT molecular complexity index is 1460. The quantitative estimate of drug-likeness (QED) is 0.108. The summed E-state index contributed by atoms with van der Waals surface area (Å²) in [4.78, 5) is 48.7. The Labute approximate surface area is 215 Å². The summed E-state index contributed by atoms with van der Waals surface area (Å²) < 4.78 is 5.71. The molecule has 0 amide bonds. The molecule has 0 fully saturated rings. The molecule has 0 unspecified atom stereocenters. The van der Waals surface area contributed by atoms with Crippen LogP contribution in [0.3, 0.4) is 0 Å². The van der Waals surface area contributed by atoms with Crippen molar-refractivity contribution in [3.8, 4) is 0 Å². The van der Waals surface area contributed by atoms with E-state index in [-0.39, 0.29) is 22.5 Å². The molecular formula is C27H18N2O7S. The van der Waals surface area contributed by atoms with E-state index < -0.39 is 27.7 Å². The number of Topliss-reactive ketones (excluding diaryl/α,β-unsaturated/α-hetero) is 1. The number of nitrogens with zero attached hydrogens (tertiary/aromatic N) is 2. The number of nitro groups is 2. The molecule has 184 valence electrons. The Morgan fingerprint density at radius 3 is 1.84 bits per heavy atom. The summed E-state index contributed by atoms with van der Waals surface area (Å²) in [5.41, 5.74) is 0.576. The van der Waals surface area contributed by atoms with Gasteiger partial charge in [0.1, 0.15) is 0 Å². The molecule has 0 bridgehead atoms. The molecule has 0 aromatic heterocycles. The number of carbonyl (C=O) groups is 2. The van der Waals surface area contributed by atoms with Crippen molar-refractivity contribution >= 4 is 34.9 Å². The van der Waals surface area contributed by atoms with Gasteiger partial charge in [0.25, 0.3) is 11.4 Å². The second-order valence-corrected chi connectivity index (χ2v) is 8.83. The summed E-state index contributed by atoms with van der Waals surface area (Å²) in [7, 11) is 0. The number of ether oxygens (including phenoxy) is 1. The van der Waals surface area contributed by atoms with Crippen molar-refractivity contribution in [3.63, 3.8) is 0 Å². The third-order valence-electron chi connectivity index (χ3n) is 5.31. The fourth-order valence-electron chi connectivity index (χ4n) is 3.46. The smallest absolute Gasteiger partial charge is 0.340 e. The van der Waals surface area contributed by atoms with Crippen LogP contribution in [0, 0.1) is 20.2 Å². The molecule has 1 atom stereocenters. The fraction of sp³-hybridized carbons (Fsp3) is 0.0370. The van der Waals surface area contributed by atoms with Gasteiger partial charge in [0.05, 0.1) is 15.4 Å². The van der Waals surface area contributed by atoms with E-state index >= 15 is 0 Å². The highest BCUT2D eigenvalue weighted by molar-refractivity contribution is 7.99. The third-order valence-corrected chi connectivity index (χ3v) is 6.39. The molecule has 4 aromatic carbocycles. The van der Waals surface area contributed by atoms with Crippen molar-refractivity contribution in [3.05, 3.63) is 140 Å². The highest BCUT2D eigenvalue weighted by Gasteiger charge is 2.28. The Kier molecular flexibility index (Phi) is 7.70. The van der Waals surface area contributed by atoms with E-state index in [4.69, 9.17) is 4.74 Å². The van der Waals surface area contributed by atoms with Crippen molar-refractivity contribution in [2.24, 2.45) is 0 Å². The average molecular weight is 515 g/mol. The third kappa shape index (κ3) is 6.06. The van der Waals surface area contributed by atoms with Crippen LogP contribution in [0.25, 0.3) is 0 Å². The Balaban J connectivity index is 1.64. The second-order valence-electron chi connectivity index (χ2n) is 7.71. The number of non-ortho nitro benzene ring substituents is 2. The molecule has 37 heavy (non-hydrogen) atoms. The van der Waals surface area contributed by atoms with E-state index in [0.29, 0.717) is 15.4 Å². The minimum absolute atomic E-state index is 0.0533. The summed E-state index contributed by atoms with van der Waals surface area (Å²) in [6.07, 6.45) is -1.34. The van der Waals surface area contributed by atoms with E-state index in [1.54, 1.807) is 66.7 Å². The topological polar surface area (TPSA) is 130 Å². The van der Waals surface area contributed by atoms with E-state index in [0.717, 1.165) is 0 Å². The van der Waals surface area contributed by atoms with Gasteiger partial charge >= 0.3 is 5.97 Å². The number of hydrogen-bond acceptors (Lipinski definition) is 8.